The van der Waals surface area contributed by atoms with Crippen LogP contribution < -0.4 is 0 Å². The number of fused-ring (bicyclic) bond motifs is 1. The van der Waals surface area contributed by atoms with Crippen molar-refractivity contribution in [1.82, 2.24) is 14.8 Å². The number of rotatable bonds is 3. The fraction of sp³-hybridized carbons (Fsp3) is 0.222. The predicted molar refractivity (Wildman–Crippen MR) is 83.8 cm³/mol. The van der Waals surface area contributed by atoms with Crippen molar-refractivity contribution in [2.45, 2.75) is 25.3 Å². The van der Waals surface area contributed by atoms with Gasteiger partial charge in [-0.3, -0.25) is 0 Å². The van der Waals surface area contributed by atoms with E-state index in [4.69, 9.17) is 0 Å². The lowest BCUT2D eigenvalue weighted by molar-refractivity contribution is 0.475. The van der Waals surface area contributed by atoms with E-state index in [1.807, 2.05) is 12.1 Å². The number of hydrogen-bond donors (Lipinski definition) is 1. The molecule has 0 amide bonds. The molecule has 110 valence electrons. The van der Waals surface area contributed by atoms with E-state index in [2.05, 4.69) is 45.1 Å². The molecule has 1 N–H and O–H groups in total. The molecule has 4 heteroatoms. The molecular weight excluding hydrogens is 274 g/mol. The summed E-state index contributed by atoms with van der Waals surface area (Å²) in [4.78, 5) is 0. The van der Waals surface area contributed by atoms with Gasteiger partial charge < -0.3 is 9.67 Å². The van der Waals surface area contributed by atoms with E-state index in [-0.39, 0.29) is 0 Å². The van der Waals surface area contributed by atoms with E-state index in [1.165, 1.54) is 5.56 Å². The van der Waals surface area contributed by atoms with Crippen LogP contribution in [0, 0.1) is 0 Å². The first kappa shape index (κ1) is 13.1. The second kappa shape index (κ2) is 5.30. The van der Waals surface area contributed by atoms with Crippen LogP contribution in [0.4, 0.5) is 0 Å². The Bertz CT molecular complexity index is 778. The van der Waals surface area contributed by atoms with Crippen molar-refractivity contribution in [2.75, 3.05) is 0 Å². The van der Waals surface area contributed by atoms with Gasteiger partial charge in [0, 0.05) is 25.3 Å². The van der Waals surface area contributed by atoms with Gasteiger partial charge in [-0.2, -0.15) is 0 Å². The average Bonchev–Trinajstić information content (AvgIpc) is 3.12. The topological polar surface area (TPSA) is 50.9 Å². The summed E-state index contributed by atoms with van der Waals surface area (Å²) in [6.07, 6.45) is 1.70. The summed E-state index contributed by atoms with van der Waals surface area (Å²) in [5.41, 5.74) is 2.50. The molecule has 1 unspecified atom stereocenters. The smallest absolute Gasteiger partial charge is 0.137 e. The number of hydrogen-bond acceptors (Lipinski definition) is 3. The Hall–Kier alpha value is -2.62. The van der Waals surface area contributed by atoms with Crippen molar-refractivity contribution in [3.63, 3.8) is 0 Å². The number of phenols is 1. The molecule has 2 heterocycles. The zero-order chi connectivity index (χ0) is 14.9. The third kappa shape index (κ3) is 2.37. The van der Waals surface area contributed by atoms with Gasteiger partial charge in [-0.1, -0.05) is 42.5 Å². The highest BCUT2D eigenvalue weighted by Gasteiger charge is 2.26. The third-order valence-electron chi connectivity index (χ3n) is 4.31. The Morgan fingerprint density at radius 2 is 1.77 bits per heavy atom. The molecule has 2 aromatic carbocycles. The Balaban J connectivity index is 1.56. The summed E-state index contributed by atoms with van der Waals surface area (Å²) >= 11 is 0. The van der Waals surface area contributed by atoms with Crippen LogP contribution in [0.2, 0.25) is 0 Å². The molecule has 22 heavy (non-hydrogen) atoms. The second-order valence-electron chi connectivity index (χ2n) is 5.80. The van der Waals surface area contributed by atoms with Crippen LogP contribution in [0.3, 0.4) is 0 Å². The molecule has 0 radical (unpaired) electrons. The van der Waals surface area contributed by atoms with Gasteiger partial charge in [0.1, 0.15) is 17.4 Å². The molecule has 4 rings (SSSR count). The first-order valence-electron chi connectivity index (χ1n) is 7.53. The molecular formula is C18H17N3O. The first-order valence-corrected chi connectivity index (χ1v) is 7.53. The highest BCUT2D eigenvalue weighted by Crippen LogP contribution is 2.29. The number of aromatic nitrogens is 3. The van der Waals surface area contributed by atoms with Crippen LogP contribution in [0.15, 0.2) is 54.6 Å². The zero-order valence-electron chi connectivity index (χ0n) is 12.2. The second-order valence-corrected chi connectivity index (χ2v) is 5.80. The average molecular weight is 291 g/mol. The van der Waals surface area contributed by atoms with Gasteiger partial charge in [-0.05, 0) is 23.3 Å². The van der Waals surface area contributed by atoms with Gasteiger partial charge in [0.05, 0.1) is 0 Å². The van der Waals surface area contributed by atoms with Crippen LogP contribution in [0.1, 0.15) is 28.7 Å². The minimum Gasteiger partial charge on any atom is -0.508 e. The summed E-state index contributed by atoms with van der Waals surface area (Å²) in [6, 6.07) is 17.9. The molecule has 3 aromatic rings. The highest BCUT2D eigenvalue weighted by atomic mass is 16.3. The van der Waals surface area contributed by atoms with E-state index in [0.29, 0.717) is 11.7 Å². The van der Waals surface area contributed by atoms with E-state index < -0.39 is 0 Å². The molecule has 0 aliphatic carbocycles. The molecule has 0 fully saturated rings. The molecule has 1 aliphatic heterocycles. The Morgan fingerprint density at radius 3 is 2.55 bits per heavy atom. The zero-order valence-corrected chi connectivity index (χ0v) is 12.2. The number of aromatic hydroxyl groups is 1. The van der Waals surface area contributed by atoms with E-state index in [1.54, 1.807) is 12.1 Å². The summed E-state index contributed by atoms with van der Waals surface area (Å²) < 4.78 is 2.24. The lowest BCUT2D eigenvalue weighted by Gasteiger charge is -2.10. The number of benzene rings is 2. The molecule has 0 saturated carbocycles. The van der Waals surface area contributed by atoms with Crippen LogP contribution in [-0.4, -0.2) is 19.9 Å². The monoisotopic (exact) mass is 291 g/mol. The van der Waals surface area contributed by atoms with Crippen LogP contribution in [-0.2, 0) is 19.4 Å². The van der Waals surface area contributed by atoms with Crippen LogP contribution >= 0.6 is 0 Å². The van der Waals surface area contributed by atoms with Crippen molar-refractivity contribution in [1.29, 1.82) is 0 Å². The Labute approximate surface area is 129 Å². The molecule has 1 aliphatic rings. The normalized spacial score (nSPS) is 16.6. The van der Waals surface area contributed by atoms with Gasteiger partial charge in [-0.25, -0.2) is 0 Å². The quantitative estimate of drug-likeness (QED) is 0.807. The van der Waals surface area contributed by atoms with Gasteiger partial charge >= 0.3 is 0 Å². The molecule has 0 spiro atoms. The standard InChI is InChI=1S/C18H17N3O/c22-16-8-6-13(7-9-16)10-17-19-20-18-11-15(12-21(17)18)14-4-2-1-3-5-14/h1-9,15,22H,10-12H2. The Kier molecular flexibility index (Phi) is 3.15. The predicted octanol–water partition coefficient (Wildman–Crippen LogP) is 2.91. The first-order chi connectivity index (χ1) is 10.8. The van der Waals surface area contributed by atoms with E-state index >= 15 is 0 Å². The molecule has 0 bridgehead atoms. The summed E-state index contributed by atoms with van der Waals surface area (Å²) in [7, 11) is 0. The van der Waals surface area contributed by atoms with Crippen molar-refractivity contribution in [3.05, 3.63) is 77.4 Å². The Morgan fingerprint density at radius 1 is 1.00 bits per heavy atom. The fourth-order valence-corrected chi connectivity index (χ4v) is 3.12. The summed E-state index contributed by atoms with van der Waals surface area (Å²) in [5.74, 6) is 2.85. The van der Waals surface area contributed by atoms with Crippen molar-refractivity contribution in [3.8, 4) is 5.75 Å². The van der Waals surface area contributed by atoms with Crippen LogP contribution in [0.5, 0.6) is 5.75 Å². The summed E-state index contributed by atoms with van der Waals surface area (Å²) in [6.45, 7) is 0.944. The van der Waals surface area contributed by atoms with Gasteiger partial charge in [0.2, 0.25) is 0 Å². The highest BCUT2D eigenvalue weighted by molar-refractivity contribution is 5.29. The maximum absolute atomic E-state index is 9.37. The molecule has 1 atom stereocenters. The van der Waals surface area contributed by atoms with E-state index in [9.17, 15) is 5.11 Å². The molecule has 0 saturated heterocycles. The van der Waals surface area contributed by atoms with Crippen molar-refractivity contribution in [2.24, 2.45) is 0 Å². The van der Waals surface area contributed by atoms with Gasteiger partial charge in [-0.15, -0.1) is 10.2 Å². The lowest BCUT2D eigenvalue weighted by atomic mass is 9.98. The molecule has 1 aromatic heterocycles. The SMILES string of the molecule is Oc1ccc(Cc2nnc3n2CC(c2ccccc2)C3)cc1. The lowest BCUT2D eigenvalue weighted by Crippen LogP contribution is -2.06. The molecule has 4 nitrogen and oxygen atoms in total. The van der Waals surface area contributed by atoms with E-state index in [0.717, 1.165) is 36.6 Å². The number of nitrogens with zero attached hydrogens (tertiary/aromatic N) is 3. The van der Waals surface area contributed by atoms with Crippen molar-refractivity contribution < 1.29 is 5.11 Å². The largest absolute Gasteiger partial charge is 0.508 e. The van der Waals surface area contributed by atoms with Crippen molar-refractivity contribution >= 4 is 0 Å². The van der Waals surface area contributed by atoms with Gasteiger partial charge in [0.25, 0.3) is 0 Å². The third-order valence-corrected chi connectivity index (χ3v) is 4.31. The maximum atomic E-state index is 9.37. The minimum absolute atomic E-state index is 0.291. The summed E-state index contributed by atoms with van der Waals surface area (Å²) in [5, 5.41) is 18.0. The van der Waals surface area contributed by atoms with Crippen LogP contribution in [0.25, 0.3) is 0 Å². The minimum atomic E-state index is 0.291. The van der Waals surface area contributed by atoms with Gasteiger partial charge in [0.15, 0.2) is 0 Å². The number of phenolic OH excluding ortho intramolecular Hbond substituents is 1. The fourth-order valence-electron chi connectivity index (χ4n) is 3.12. The maximum Gasteiger partial charge on any atom is 0.137 e.